The molecule has 0 saturated heterocycles. The van der Waals surface area contributed by atoms with Gasteiger partial charge in [-0.25, -0.2) is 14.8 Å². The van der Waals surface area contributed by atoms with Gasteiger partial charge in [-0.2, -0.15) is 0 Å². The van der Waals surface area contributed by atoms with E-state index in [0.29, 0.717) is 18.7 Å². The first kappa shape index (κ1) is 36.9. The van der Waals surface area contributed by atoms with Crippen LogP contribution in [0.15, 0.2) is 50.4 Å². The van der Waals surface area contributed by atoms with Gasteiger partial charge in [-0.1, -0.05) is 12.1 Å². The SMILES string of the molecule is Cc1nc2cccc([N+](=O)[O-])c2c(=O)n1C1CCC(=O)CC1=O.Cc1nc2cccc([N+](=O)[O-])c2c(=O)o1.N.O=C1CCC(Cl)C(=O)C1. The number of carbonyl (C=O) groups excluding carboxylic acids is 4. The van der Waals surface area contributed by atoms with Crippen molar-refractivity contribution in [1.82, 2.24) is 20.7 Å². The minimum absolute atomic E-state index is 0. The number of aromatic nitrogens is 3. The molecule has 2 aliphatic carbocycles. The average Bonchev–Trinajstić information content (AvgIpc) is 3.00. The molecule has 2 fully saturated rings. The molecule has 4 aromatic rings. The second-order valence-electron chi connectivity index (χ2n) is 10.6. The molecule has 2 heterocycles. The molecule has 252 valence electrons. The molecule has 2 aliphatic rings. The lowest BCUT2D eigenvalue weighted by Crippen LogP contribution is -2.36. The van der Waals surface area contributed by atoms with Crippen molar-refractivity contribution in [2.75, 3.05) is 0 Å². The van der Waals surface area contributed by atoms with E-state index in [0.717, 1.165) is 0 Å². The lowest BCUT2D eigenvalue weighted by molar-refractivity contribution is -0.383. The van der Waals surface area contributed by atoms with Crippen molar-refractivity contribution in [3.05, 3.63) is 89.1 Å². The highest BCUT2D eigenvalue weighted by Gasteiger charge is 2.32. The van der Waals surface area contributed by atoms with E-state index in [1.165, 1.54) is 47.9 Å². The number of nitro benzene ring substituents is 2. The summed E-state index contributed by atoms with van der Waals surface area (Å²) in [6.07, 6.45) is 1.25. The molecule has 18 heteroatoms. The summed E-state index contributed by atoms with van der Waals surface area (Å²) in [5.74, 6) is -0.114. The van der Waals surface area contributed by atoms with Crippen molar-refractivity contribution >= 4 is 67.9 Å². The number of Topliss-reactive ketones (excluding diaryl/α,β-unsaturated/α-hetero) is 4. The van der Waals surface area contributed by atoms with Gasteiger partial charge in [-0.15, -0.1) is 11.6 Å². The maximum Gasteiger partial charge on any atom is 0.353 e. The maximum absolute atomic E-state index is 12.8. The molecule has 6 rings (SSSR count). The lowest BCUT2D eigenvalue weighted by Gasteiger charge is -2.23. The summed E-state index contributed by atoms with van der Waals surface area (Å²) in [7, 11) is 0. The summed E-state index contributed by atoms with van der Waals surface area (Å²) >= 11 is 5.53. The Morgan fingerprint density at radius 2 is 1.31 bits per heavy atom. The fourth-order valence-electron chi connectivity index (χ4n) is 5.19. The van der Waals surface area contributed by atoms with Crippen LogP contribution in [0, 0.1) is 34.1 Å². The van der Waals surface area contributed by atoms with Crippen LogP contribution in [-0.2, 0) is 19.2 Å². The van der Waals surface area contributed by atoms with E-state index in [1.807, 2.05) is 0 Å². The summed E-state index contributed by atoms with van der Waals surface area (Å²) in [6, 6.07) is 7.68. The molecule has 2 saturated carbocycles. The minimum Gasteiger partial charge on any atom is -0.408 e. The maximum atomic E-state index is 12.8. The highest BCUT2D eigenvalue weighted by Crippen LogP contribution is 2.26. The van der Waals surface area contributed by atoms with Crippen LogP contribution < -0.4 is 17.3 Å². The normalized spacial score (nSPS) is 17.5. The smallest absolute Gasteiger partial charge is 0.353 e. The predicted octanol–water partition coefficient (Wildman–Crippen LogP) is 3.96. The first-order valence-electron chi connectivity index (χ1n) is 14.1. The molecule has 0 spiro atoms. The number of ketones is 4. The highest BCUT2D eigenvalue weighted by atomic mass is 35.5. The molecule has 0 aliphatic heterocycles. The monoisotopic (exact) mass is 684 g/mol. The summed E-state index contributed by atoms with van der Waals surface area (Å²) in [5, 5.41) is 21.2. The molecule has 17 nitrogen and oxygen atoms in total. The van der Waals surface area contributed by atoms with Crippen LogP contribution in [0.5, 0.6) is 0 Å². The van der Waals surface area contributed by atoms with E-state index in [2.05, 4.69) is 9.97 Å². The largest absolute Gasteiger partial charge is 0.408 e. The molecule has 2 atom stereocenters. The highest BCUT2D eigenvalue weighted by molar-refractivity contribution is 6.33. The van der Waals surface area contributed by atoms with Gasteiger partial charge in [0.15, 0.2) is 22.8 Å². The van der Waals surface area contributed by atoms with Crippen molar-refractivity contribution in [1.29, 1.82) is 0 Å². The van der Waals surface area contributed by atoms with Gasteiger partial charge >= 0.3 is 5.63 Å². The second kappa shape index (κ2) is 15.4. The van der Waals surface area contributed by atoms with Gasteiger partial charge < -0.3 is 10.6 Å². The number of halogens is 1. The fraction of sp³-hybridized carbons (Fsp3) is 0.333. The van der Waals surface area contributed by atoms with Crippen molar-refractivity contribution < 1.29 is 33.4 Å². The van der Waals surface area contributed by atoms with E-state index < -0.39 is 32.5 Å². The molecule has 3 N–H and O–H groups in total. The molecular formula is C30H29ClN6O11. The number of alkyl halides is 1. The third kappa shape index (κ3) is 8.05. The Hall–Kier alpha value is -5.55. The predicted molar refractivity (Wildman–Crippen MR) is 170 cm³/mol. The summed E-state index contributed by atoms with van der Waals surface area (Å²) < 4.78 is 5.89. The molecular weight excluding hydrogens is 656 g/mol. The molecule has 0 bridgehead atoms. The number of hydrogen-bond donors (Lipinski definition) is 1. The quantitative estimate of drug-likeness (QED) is 0.138. The number of benzene rings is 2. The zero-order valence-electron chi connectivity index (χ0n) is 25.7. The zero-order valence-corrected chi connectivity index (χ0v) is 26.4. The van der Waals surface area contributed by atoms with Crippen LogP contribution in [0.25, 0.3) is 21.8 Å². The summed E-state index contributed by atoms with van der Waals surface area (Å²) in [6.45, 7) is 3.09. The number of rotatable bonds is 3. The summed E-state index contributed by atoms with van der Waals surface area (Å²) in [5.41, 5.74) is -1.48. The Balaban J connectivity index is 0.000000214. The molecule has 48 heavy (non-hydrogen) atoms. The van der Waals surface area contributed by atoms with Crippen molar-refractivity contribution in [2.45, 2.75) is 63.8 Å². The van der Waals surface area contributed by atoms with Gasteiger partial charge in [0.2, 0.25) is 0 Å². The number of carbonyl (C=O) groups is 4. The number of hydrogen-bond acceptors (Lipinski definition) is 14. The third-order valence-corrected chi connectivity index (χ3v) is 7.83. The number of nitro groups is 2. The van der Waals surface area contributed by atoms with E-state index in [9.17, 15) is 49.0 Å². The van der Waals surface area contributed by atoms with Gasteiger partial charge in [0.05, 0.1) is 45.1 Å². The Bertz CT molecular complexity index is 2090. The van der Waals surface area contributed by atoms with Crippen LogP contribution in [0.3, 0.4) is 0 Å². The van der Waals surface area contributed by atoms with Gasteiger partial charge in [0.1, 0.15) is 22.8 Å². The van der Waals surface area contributed by atoms with Gasteiger partial charge in [-0.3, -0.25) is 48.8 Å². The topological polar surface area (TPSA) is 268 Å². The average molecular weight is 685 g/mol. The van der Waals surface area contributed by atoms with Gasteiger partial charge in [0, 0.05) is 31.9 Å². The lowest BCUT2D eigenvalue weighted by atomic mass is 9.92. The summed E-state index contributed by atoms with van der Waals surface area (Å²) in [4.78, 5) is 97.6. The van der Waals surface area contributed by atoms with Crippen LogP contribution >= 0.6 is 11.6 Å². The molecule has 2 unspecified atom stereocenters. The minimum atomic E-state index is -0.795. The van der Waals surface area contributed by atoms with Crippen LogP contribution in [0.1, 0.15) is 56.3 Å². The molecule has 0 amide bonds. The standard InChI is InChI=1S/C15H13N3O5.C9H6N2O4.C6H7ClO2.H3N/c1-8-16-10-3-2-4-12(18(22)23)14(10)15(21)17(8)11-6-5-9(19)7-13(11)20;1-5-10-6-3-2-4-7(11(13)14)8(6)9(12)15-5;7-5-2-1-4(8)3-6(5)9;/h2-4,11H,5-7H2,1H3;2-4H,1H3;5H,1-3H2;1H3. The Morgan fingerprint density at radius 3 is 1.83 bits per heavy atom. The van der Waals surface area contributed by atoms with Gasteiger partial charge in [0.25, 0.3) is 16.9 Å². The molecule has 2 aromatic heterocycles. The number of non-ortho nitro benzene ring substituents is 2. The second-order valence-corrected chi connectivity index (χ2v) is 11.2. The Labute approximate surface area is 274 Å². The van der Waals surface area contributed by atoms with Crippen LogP contribution in [-0.4, -0.2) is 52.9 Å². The third-order valence-electron chi connectivity index (χ3n) is 7.37. The van der Waals surface area contributed by atoms with Crippen LogP contribution in [0.2, 0.25) is 0 Å². The zero-order chi connectivity index (χ0) is 34.6. The molecule has 0 radical (unpaired) electrons. The number of nitrogens with zero attached hydrogens (tertiary/aromatic N) is 5. The first-order valence-corrected chi connectivity index (χ1v) is 14.6. The van der Waals surface area contributed by atoms with Crippen molar-refractivity contribution in [3.63, 3.8) is 0 Å². The van der Waals surface area contributed by atoms with E-state index in [4.69, 9.17) is 16.0 Å². The molecule has 2 aromatic carbocycles. The Kier molecular flexibility index (Phi) is 11.8. The van der Waals surface area contributed by atoms with E-state index in [-0.39, 0.29) is 94.0 Å². The van der Waals surface area contributed by atoms with Gasteiger partial charge in [-0.05, 0) is 31.9 Å². The van der Waals surface area contributed by atoms with Crippen molar-refractivity contribution in [3.8, 4) is 0 Å². The van der Waals surface area contributed by atoms with E-state index in [1.54, 1.807) is 6.92 Å². The number of aryl methyl sites for hydroxylation is 2. The Morgan fingerprint density at radius 1 is 0.792 bits per heavy atom. The first-order chi connectivity index (χ1) is 22.2. The van der Waals surface area contributed by atoms with E-state index >= 15 is 0 Å². The fourth-order valence-corrected chi connectivity index (χ4v) is 5.38. The van der Waals surface area contributed by atoms with Crippen molar-refractivity contribution in [2.24, 2.45) is 0 Å². The van der Waals surface area contributed by atoms with Crippen LogP contribution in [0.4, 0.5) is 11.4 Å². The number of fused-ring (bicyclic) bond motifs is 2.